The first-order valence-corrected chi connectivity index (χ1v) is 23.7. The molecule has 2 atom stereocenters. The molecule has 0 saturated heterocycles. The Labute approximate surface area is 331 Å². The Kier molecular flexibility index (Phi) is 43.8. The van der Waals surface area contributed by atoms with Crippen molar-refractivity contribution in [3.8, 4) is 0 Å². The van der Waals surface area contributed by atoms with Gasteiger partial charge in [-0.2, -0.15) is 0 Å². The van der Waals surface area contributed by atoms with Crippen LogP contribution in [-0.4, -0.2) is 34.9 Å². The average molecular weight is 744 g/mol. The maximum absolute atomic E-state index is 12.4. The molecular formula is C49H93NO3. The highest BCUT2D eigenvalue weighted by molar-refractivity contribution is 5.76. The summed E-state index contributed by atoms with van der Waals surface area (Å²) in [6, 6.07) is -0.636. The number of hydrogen-bond donors (Lipinski definition) is 3. The largest absolute Gasteiger partial charge is 0.394 e. The molecule has 0 saturated carbocycles. The van der Waals surface area contributed by atoms with E-state index >= 15 is 0 Å². The Hall–Kier alpha value is -1.39. The monoisotopic (exact) mass is 744 g/mol. The first kappa shape index (κ1) is 51.6. The summed E-state index contributed by atoms with van der Waals surface area (Å²) in [5, 5.41) is 22.9. The van der Waals surface area contributed by atoms with Crippen LogP contribution in [0.4, 0.5) is 0 Å². The second-order valence-corrected chi connectivity index (χ2v) is 16.2. The van der Waals surface area contributed by atoms with Gasteiger partial charge in [-0.05, 0) is 57.8 Å². The van der Waals surface area contributed by atoms with E-state index in [1.807, 2.05) is 6.08 Å². The molecule has 4 nitrogen and oxygen atoms in total. The molecule has 0 fully saturated rings. The molecule has 0 aliphatic heterocycles. The number of aliphatic hydroxyl groups excluding tert-OH is 2. The molecule has 53 heavy (non-hydrogen) atoms. The summed E-state index contributed by atoms with van der Waals surface area (Å²) in [5.74, 6) is -0.0735. The lowest BCUT2D eigenvalue weighted by Gasteiger charge is -2.19. The summed E-state index contributed by atoms with van der Waals surface area (Å²) in [7, 11) is 0. The first-order chi connectivity index (χ1) is 26.2. The maximum atomic E-state index is 12.4. The summed E-state index contributed by atoms with van der Waals surface area (Å²) in [6.07, 6.45) is 59.9. The Morgan fingerprint density at radius 2 is 0.736 bits per heavy atom. The normalized spacial score (nSPS) is 13.2. The molecule has 3 N–H and O–H groups in total. The van der Waals surface area contributed by atoms with Crippen LogP contribution in [0.15, 0.2) is 36.5 Å². The second kappa shape index (κ2) is 45.0. The Morgan fingerprint density at radius 1 is 0.434 bits per heavy atom. The predicted octanol–water partition coefficient (Wildman–Crippen LogP) is 15.0. The molecule has 1 amide bonds. The van der Waals surface area contributed by atoms with Crippen LogP contribution in [0, 0.1) is 0 Å². The van der Waals surface area contributed by atoms with Gasteiger partial charge in [0.05, 0.1) is 18.8 Å². The SMILES string of the molecule is CCCCCCCC/C=C/CC/C=C/C(O)C(CO)NC(=O)CCCCCCCCCCCCCCC/C=C\CCCCCCCCCCCCCC. The van der Waals surface area contributed by atoms with Gasteiger partial charge >= 0.3 is 0 Å². The Bertz CT molecular complexity index is 806. The predicted molar refractivity (Wildman–Crippen MR) is 235 cm³/mol. The van der Waals surface area contributed by atoms with Crippen molar-refractivity contribution in [1.29, 1.82) is 0 Å². The number of hydrogen-bond acceptors (Lipinski definition) is 3. The number of allylic oxidation sites excluding steroid dienone is 5. The highest BCUT2D eigenvalue weighted by Gasteiger charge is 2.17. The zero-order chi connectivity index (χ0) is 38.6. The first-order valence-electron chi connectivity index (χ1n) is 23.7. The minimum absolute atomic E-state index is 0.0735. The van der Waals surface area contributed by atoms with Crippen molar-refractivity contribution in [3.63, 3.8) is 0 Å². The third-order valence-corrected chi connectivity index (χ3v) is 10.8. The van der Waals surface area contributed by atoms with Crippen molar-refractivity contribution < 1.29 is 15.0 Å². The molecule has 0 aliphatic rings. The number of carbonyl (C=O) groups excluding carboxylic acids is 1. The summed E-state index contributed by atoms with van der Waals surface area (Å²) in [4.78, 5) is 12.4. The molecule has 312 valence electrons. The van der Waals surface area contributed by atoms with Gasteiger partial charge in [0, 0.05) is 6.42 Å². The molecule has 0 bridgehead atoms. The number of nitrogens with one attached hydrogen (secondary N) is 1. The van der Waals surface area contributed by atoms with Crippen molar-refractivity contribution in [2.75, 3.05) is 6.61 Å². The van der Waals surface area contributed by atoms with Crippen LogP contribution in [0.1, 0.15) is 251 Å². The number of unbranched alkanes of at least 4 members (excludes halogenated alkanes) is 32. The van der Waals surface area contributed by atoms with Gasteiger partial charge in [-0.25, -0.2) is 0 Å². The molecule has 0 heterocycles. The Balaban J connectivity index is 3.48. The van der Waals surface area contributed by atoms with E-state index < -0.39 is 12.1 Å². The quantitative estimate of drug-likeness (QED) is 0.0430. The summed E-state index contributed by atoms with van der Waals surface area (Å²) in [5.41, 5.74) is 0. The van der Waals surface area contributed by atoms with Gasteiger partial charge in [-0.1, -0.05) is 224 Å². The lowest BCUT2D eigenvalue weighted by molar-refractivity contribution is -0.123. The van der Waals surface area contributed by atoms with Crippen molar-refractivity contribution in [1.82, 2.24) is 5.32 Å². The molecule has 0 rings (SSSR count). The fourth-order valence-electron chi connectivity index (χ4n) is 7.19. The fourth-order valence-corrected chi connectivity index (χ4v) is 7.19. The van der Waals surface area contributed by atoms with Gasteiger partial charge in [0.2, 0.25) is 5.91 Å². The van der Waals surface area contributed by atoms with Gasteiger partial charge in [0.1, 0.15) is 0 Å². The van der Waals surface area contributed by atoms with E-state index in [4.69, 9.17) is 0 Å². The van der Waals surface area contributed by atoms with Gasteiger partial charge in [0.15, 0.2) is 0 Å². The molecular weight excluding hydrogens is 651 g/mol. The summed E-state index contributed by atoms with van der Waals surface area (Å²) < 4.78 is 0. The van der Waals surface area contributed by atoms with E-state index in [2.05, 4.69) is 43.5 Å². The lowest BCUT2D eigenvalue weighted by atomic mass is 10.0. The summed E-state index contributed by atoms with van der Waals surface area (Å²) >= 11 is 0. The van der Waals surface area contributed by atoms with Crippen LogP contribution < -0.4 is 5.32 Å². The van der Waals surface area contributed by atoms with E-state index in [1.54, 1.807) is 6.08 Å². The van der Waals surface area contributed by atoms with Crippen molar-refractivity contribution in [2.45, 2.75) is 264 Å². The zero-order valence-electron chi connectivity index (χ0n) is 35.8. The van der Waals surface area contributed by atoms with Crippen molar-refractivity contribution in [2.24, 2.45) is 0 Å². The molecule has 4 heteroatoms. The Morgan fingerprint density at radius 3 is 1.09 bits per heavy atom. The smallest absolute Gasteiger partial charge is 0.220 e. The van der Waals surface area contributed by atoms with Crippen LogP contribution in [0.2, 0.25) is 0 Å². The number of carbonyl (C=O) groups is 1. The lowest BCUT2D eigenvalue weighted by Crippen LogP contribution is -2.45. The fraction of sp³-hybridized carbons (Fsp3) is 0.857. The van der Waals surface area contributed by atoms with E-state index in [9.17, 15) is 15.0 Å². The number of aliphatic hydroxyl groups is 2. The zero-order valence-corrected chi connectivity index (χ0v) is 35.8. The van der Waals surface area contributed by atoms with Gasteiger partial charge in [-0.15, -0.1) is 0 Å². The minimum atomic E-state index is -0.859. The molecule has 2 unspecified atom stereocenters. The van der Waals surface area contributed by atoms with Gasteiger partial charge < -0.3 is 15.5 Å². The highest BCUT2D eigenvalue weighted by Crippen LogP contribution is 2.15. The molecule has 0 spiro atoms. The molecule has 0 aromatic heterocycles. The third-order valence-electron chi connectivity index (χ3n) is 10.8. The average Bonchev–Trinajstić information content (AvgIpc) is 3.16. The van der Waals surface area contributed by atoms with Gasteiger partial charge in [0.25, 0.3) is 0 Å². The van der Waals surface area contributed by atoms with E-state index in [-0.39, 0.29) is 12.5 Å². The van der Waals surface area contributed by atoms with Gasteiger partial charge in [-0.3, -0.25) is 4.79 Å². The van der Waals surface area contributed by atoms with Crippen LogP contribution in [0.5, 0.6) is 0 Å². The van der Waals surface area contributed by atoms with E-state index in [0.29, 0.717) is 6.42 Å². The number of rotatable bonds is 43. The van der Waals surface area contributed by atoms with Crippen LogP contribution in [0.25, 0.3) is 0 Å². The number of amides is 1. The second-order valence-electron chi connectivity index (χ2n) is 16.2. The maximum Gasteiger partial charge on any atom is 0.220 e. The van der Waals surface area contributed by atoms with Crippen molar-refractivity contribution >= 4 is 5.91 Å². The highest BCUT2D eigenvalue weighted by atomic mass is 16.3. The van der Waals surface area contributed by atoms with Crippen molar-refractivity contribution in [3.05, 3.63) is 36.5 Å². The molecule has 0 aliphatic carbocycles. The third kappa shape index (κ3) is 41.6. The standard InChI is InChI=1S/C49H93NO3/c1-3-5-7-9-11-13-15-17-18-19-20-21-22-23-24-25-26-27-28-29-30-31-32-33-35-37-39-41-43-45-49(53)50-47(46-51)48(52)44-42-40-38-36-34-16-14-12-10-8-6-4-2/h23-24,34,36,42,44,47-48,51-52H,3-22,25-33,35,37-41,43,45-46H2,1-2H3,(H,50,53)/b24-23-,36-34+,44-42+. The van der Waals surface area contributed by atoms with Crippen LogP contribution in [0.3, 0.4) is 0 Å². The molecule has 0 aromatic rings. The van der Waals surface area contributed by atoms with E-state index in [1.165, 1.54) is 199 Å². The van der Waals surface area contributed by atoms with E-state index in [0.717, 1.165) is 32.1 Å². The topological polar surface area (TPSA) is 69.6 Å². The minimum Gasteiger partial charge on any atom is -0.394 e. The molecule has 0 aromatic carbocycles. The summed E-state index contributed by atoms with van der Waals surface area (Å²) in [6.45, 7) is 4.29. The molecule has 0 radical (unpaired) electrons. The van der Waals surface area contributed by atoms with Crippen LogP contribution in [-0.2, 0) is 4.79 Å². The van der Waals surface area contributed by atoms with Crippen LogP contribution >= 0.6 is 0 Å².